The van der Waals surface area contributed by atoms with E-state index in [0.717, 1.165) is 13.5 Å². The van der Waals surface area contributed by atoms with Gasteiger partial charge in [0.1, 0.15) is 0 Å². The number of aliphatic hydroxyl groups excluding tert-OH is 1. The van der Waals surface area contributed by atoms with Gasteiger partial charge in [-0.25, -0.2) is 0 Å². The van der Waals surface area contributed by atoms with Crippen LogP contribution < -0.4 is 0 Å². The molecule has 1 aromatic carbocycles. The van der Waals surface area contributed by atoms with Crippen LogP contribution in [0.3, 0.4) is 0 Å². The van der Waals surface area contributed by atoms with Crippen LogP contribution in [-0.2, 0) is 21.7 Å². The maximum absolute atomic E-state index is 7.00. The second-order valence-corrected chi connectivity index (χ2v) is 5.11. The molecule has 0 aliphatic heterocycles. The van der Waals surface area contributed by atoms with Crippen LogP contribution >= 0.6 is 24.8 Å². The SMILES string of the molecule is CC1=CC(C)=C(c2[c-]cccc2)C1.CO.C[C-](C)C.Cl.Cl.[Ti+2]. The predicted octanol–water partition coefficient (Wildman–Crippen LogP) is 5.68. The van der Waals surface area contributed by atoms with Crippen molar-refractivity contribution in [2.45, 2.75) is 41.0 Å². The van der Waals surface area contributed by atoms with Crippen molar-refractivity contribution in [3.63, 3.8) is 0 Å². The maximum atomic E-state index is 7.00. The number of hydrogen-bond acceptors (Lipinski definition) is 1. The standard InChI is InChI=1S/C13H13.C4H9.CH4O.2ClH.Ti/c1-10-8-11(2)13(9-10)12-6-4-3-5-7-12;1-4(2)3;1-2;;;/h3-6,8H,9H2,1-2H3;1-3H3;2H,1H3;2*1H;/q2*-1;;;;+2. The van der Waals surface area contributed by atoms with E-state index in [0.29, 0.717) is 0 Å². The number of halogens is 2. The molecule has 0 radical (unpaired) electrons. The monoisotopic (exact) mass is 378 g/mol. The molecule has 4 heteroatoms. The van der Waals surface area contributed by atoms with Gasteiger partial charge in [-0.2, -0.15) is 20.8 Å². The van der Waals surface area contributed by atoms with E-state index >= 15 is 0 Å². The predicted molar refractivity (Wildman–Crippen MR) is 99.1 cm³/mol. The Morgan fingerprint density at radius 3 is 1.86 bits per heavy atom. The van der Waals surface area contributed by atoms with Crippen LogP contribution in [0.2, 0.25) is 0 Å². The van der Waals surface area contributed by atoms with Crippen LogP contribution in [-0.4, -0.2) is 12.2 Å². The molecule has 1 N–H and O–H groups in total. The normalized spacial score (nSPS) is 11.5. The van der Waals surface area contributed by atoms with Crippen LogP contribution in [0.15, 0.2) is 41.5 Å². The second-order valence-electron chi connectivity index (χ2n) is 5.11. The molecule has 0 aromatic heterocycles. The third kappa shape index (κ3) is 12.5. The van der Waals surface area contributed by atoms with E-state index in [9.17, 15) is 0 Å². The summed E-state index contributed by atoms with van der Waals surface area (Å²) in [4.78, 5) is 0. The van der Waals surface area contributed by atoms with Crippen molar-refractivity contribution in [3.05, 3.63) is 59.0 Å². The van der Waals surface area contributed by atoms with Gasteiger partial charge in [-0.3, -0.25) is 0 Å². The maximum Gasteiger partial charge on any atom is 2.00 e. The fourth-order valence-corrected chi connectivity index (χ4v) is 1.81. The van der Waals surface area contributed by atoms with Gasteiger partial charge in [-0.1, -0.05) is 17.2 Å². The molecule has 22 heavy (non-hydrogen) atoms. The summed E-state index contributed by atoms with van der Waals surface area (Å²) >= 11 is 0. The fraction of sp³-hybridized carbons (Fsp3) is 0.389. The molecule has 1 nitrogen and oxygen atoms in total. The summed E-state index contributed by atoms with van der Waals surface area (Å²) in [6.07, 6.45) is 3.35. The number of rotatable bonds is 1. The first kappa shape index (κ1) is 29.9. The number of aliphatic hydroxyl groups is 1. The minimum Gasteiger partial charge on any atom is -0.400 e. The minimum absolute atomic E-state index is 0. The molecule has 0 heterocycles. The fourth-order valence-electron chi connectivity index (χ4n) is 1.81. The summed E-state index contributed by atoms with van der Waals surface area (Å²) in [5.41, 5.74) is 5.51. The van der Waals surface area contributed by atoms with Crippen molar-refractivity contribution < 1.29 is 26.8 Å². The van der Waals surface area contributed by atoms with Gasteiger partial charge >= 0.3 is 21.7 Å². The second kappa shape index (κ2) is 17.3. The summed E-state index contributed by atoms with van der Waals surface area (Å²) in [5.74, 6) is 1.42. The molecule has 1 aromatic rings. The molecule has 0 fully saturated rings. The zero-order chi connectivity index (χ0) is 14.8. The molecule has 0 amide bonds. The van der Waals surface area contributed by atoms with E-state index in [1.54, 1.807) is 0 Å². The van der Waals surface area contributed by atoms with E-state index in [1.165, 1.54) is 28.2 Å². The van der Waals surface area contributed by atoms with Crippen LogP contribution in [0.5, 0.6) is 0 Å². The Morgan fingerprint density at radius 1 is 1.05 bits per heavy atom. The van der Waals surface area contributed by atoms with Crippen molar-refractivity contribution in [3.8, 4) is 0 Å². The van der Waals surface area contributed by atoms with Gasteiger partial charge < -0.3 is 11.0 Å². The van der Waals surface area contributed by atoms with Crippen molar-refractivity contribution in [1.29, 1.82) is 0 Å². The average Bonchev–Trinajstić information content (AvgIpc) is 2.71. The first-order chi connectivity index (χ1) is 9.00. The van der Waals surface area contributed by atoms with E-state index < -0.39 is 0 Å². The van der Waals surface area contributed by atoms with E-state index in [2.05, 4.69) is 58.9 Å². The van der Waals surface area contributed by atoms with Crippen molar-refractivity contribution in [1.82, 2.24) is 0 Å². The van der Waals surface area contributed by atoms with Gasteiger partial charge in [0.2, 0.25) is 0 Å². The molecule has 0 bridgehead atoms. The third-order valence-corrected chi connectivity index (χ3v) is 2.43. The summed E-state index contributed by atoms with van der Waals surface area (Å²) in [7, 11) is 1.00. The first-order valence-corrected chi connectivity index (χ1v) is 6.56. The Morgan fingerprint density at radius 2 is 1.55 bits per heavy atom. The molecule has 1 aliphatic rings. The van der Waals surface area contributed by atoms with E-state index in [1.807, 2.05) is 12.1 Å². The van der Waals surface area contributed by atoms with E-state index in [-0.39, 0.29) is 46.5 Å². The average molecular weight is 379 g/mol. The smallest absolute Gasteiger partial charge is 0.400 e. The summed E-state index contributed by atoms with van der Waals surface area (Å²) in [6, 6.07) is 11.5. The van der Waals surface area contributed by atoms with Gasteiger partial charge in [0, 0.05) is 7.11 Å². The first-order valence-electron chi connectivity index (χ1n) is 6.56. The zero-order valence-electron chi connectivity index (χ0n) is 14.4. The Balaban J connectivity index is -0.000000159. The van der Waals surface area contributed by atoms with Crippen LogP contribution in [0.4, 0.5) is 0 Å². The van der Waals surface area contributed by atoms with Gasteiger partial charge in [0.25, 0.3) is 0 Å². The molecule has 1 aliphatic carbocycles. The molecule has 0 saturated heterocycles. The Labute approximate surface area is 164 Å². The third-order valence-electron chi connectivity index (χ3n) is 2.43. The summed E-state index contributed by atoms with van der Waals surface area (Å²) < 4.78 is 0. The molecule has 0 atom stereocenters. The molecular formula is C18H28Cl2OTi. The molecular weight excluding hydrogens is 351 g/mol. The number of benzene rings is 1. The van der Waals surface area contributed by atoms with Crippen molar-refractivity contribution >= 4 is 30.4 Å². The number of allylic oxidation sites excluding steroid dienone is 4. The van der Waals surface area contributed by atoms with Gasteiger partial charge in [-0.05, 0) is 20.3 Å². The molecule has 0 spiro atoms. The van der Waals surface area contributed by atoms with Crippen molar-refractivity contribution in [2.24, 2.45) is 0 Å². The Hall–Kier alpha value is -0.0457. The summed E-state index contributed by atoms with van der Waals surface area (Å²) in [5, 5.41) is 7.00. The van der Waals surface area contributed by atoms with Gasteiger partial charge in [0.15, 0.2) is 0 Å². The van der Waals surface area contributed by atoms with Crippen molar-refractivity contribution in [2.75, 3.05) is 7.11 Å². The quantitative estimate of drug-likeness (QED) is 0.492. The van der Waals surface area contributed by atoms with Gasteiger partial charge in [-0.15, -0.1) is 66.3 Å². The van der Waals surface area contributed by atoms with Crippen LogP contribution in [0, 0.1) is 12.0 Å². The van der Waals surface area contributed by atoms with E-state index in [4.69, 9.17) is 5.11 Å². The Kier molecular flexibility index (Phi) is 23.5. The Bertz CT molecular complexity index is 423. The zero-order valence-corrected chi connectivity index (χ0v) is 17.6. The molecule has 124 valence electrons. The van der Waals surface area contributed by atoms with Crippen LogP contribution in [0.25, 0.3) is 5.57 Å². The topological polar surface area (TPSA) is 20.2 Å². The molecule has 2 rings (SSSR count). The molecule has 0 saturated carbocycles. The largest absolute Gasteiger partial charge is 2.00 e. The molecule has 0 unspecified atom stereocenters. The number of hydrogen-bond donors (Lipinski definition) is 1. The van der Waals surface area contributed by atoms with Gasteiger partial charge in [0.05, 0.1) is 0 Å². The summed E-state index contributed by atoms with van der Waals surface area (Å²) in [6.45, 7) is 10.6. The van der Waals surface area contributed by atoms with Crippen LogP contribution in [0.1, 0.15) is 46.6 Å². The minimum atomic E-state index is 0.